The van der Waals surface area contributed by atoms with Crippen LogP contribution < -0.4 is 4.72 Å². The zero-order valence-corrected chi connectivity index (χ0v) is 12.0. The van der Waals surface area contributed by atoms with Crippen LogP contribution in [0, 0.1) is 25.2 Å². The van der Waals surface area contributed by atoms with Crippen molar-refractivity contribution in [2.45, 2.75) is 18.7 Å². The Labute approximate surface area is 118 Å². The van der Waals surface area contributed by atoms with Gasteiger partial charge in [-0.05, 0) is 49.7 Å². The molecule has 0 unspecified atom stereocenters. The van der Waals surface area contributed by atoms with E-state index in [9.17, 15) is 8.42 Å². The minimum Gasteiger partial charge on any atom is -0.279 e. The monoisotopic (exact) mass is 286 g/mol. The van der Waals surface area contributed by atoms with E-state index in [0.29, 0.717) is 11.3 Å². The van der Waals surface area contributed by atoms with E-state index in [-0.39, 0.29) is 4.90 Å². The van der Waals surface area contributed by atoms with E-state index < -0.39 is 10.0 Å². The summed E-state index contributed by atoms with van der Waals surface area (Å²) in [5.74, 6) is 0. The molecule has 5 heteroatoms. The number of sulfonamides is 1. The summed E-state index contributed by atoms with van der Waals surface area (Å²) in [5.41, 5.74) is 2.92. The van der Waals surface area contributed by atoms with Gasteiger partial charge < -0.3 is 0 Å². The van der Waals surface area contributed by atoms with Gasteiger partial charge in [-0.25, -0.2) is 8.42 Å². The molecule has 0 aliphatic rings. The highest BCUT2D eigenvalue weighted by Gasteiger charge is 2.15. The van der Waals surface area contributed by atoms with Gasteiger partial charge in [-0.1, -0.05) is 17.7 Å². The molecule has 4 nitrogen and oxygen atoms in total. The molecule has 0 amide bonds. The van der Waals surface area contributed by atoms with Crippen LogP contribution in [0.15, 0.2) is 47.4 Å². The summed E-state index contributed by atoms with van der Waals surface area (Å²) >= 11 is 0. The summed E-state index contributed by atoms with van der Waals surface area (Å²) in [6.07, 6.45) is 0. The van der Waals surface area contributed by atoms with Crippen molar-refractivity contribution in [3.63, 3.8) is 0 Å². The minimum atomic E-state index is -3.63. The van der Waals surface area contributed by atoms with Crippen LogP contribution in [0.25, 0.3) is 0 Å². The second-order valence-corrected chi connectivity index (χ2v) is 6.24. The third kappa shape index (κ3) is 2.98. The van der Waals surface area contributed by atoms with Gasteiger partial charge in [-0.15, -0.1) is 0 Å². The first kappa shape index (κ1) is 14.1. The number of hydrogen-bond donors (Lipinski definition) is 1. The van der Waals surface area contributed by atoms with Crippen molar-refractivity contribution < 1.29 is 8.42 Å². The lowest BCUT2D eigenvalue weighted by Gasteiger charge is -2.11. The fraction of sp³-hybridized carbons (Fsp3) is 0.133. The van der Waals surface area contributed by atoms with E-state index in [1.54, 1.807) is 6.07 Å². The van der Waals surface area contributed by atoms with Crippen LogP contribution in [0.5, 0.6) is 0 Å². The lowest BCUT2D eigenvalue weighted by molar-refractivity contribution is 0.601. The molecule has 2 aromatic carbocycles. The maximum absolute atomic E-state index is 12.2. The van der Waals surface area contributed by atoms with E-state index in [1.165, 1.54) is 24.3 Å². The van der Waals surface area contributed by atoms with E-state index in [2.05, 4.69) is 4.72 Å². The molecule has 0 saturated carbocycles. The highest BCUT2D eigenvalue weighted by Crippen LogP contribution is 2.20. The summed E-state index contributed by atoms with van der Waals surface area (Å²) < 4.78 is 27.0. The van der Waals surface area contributed by atoms with Crippen LogP contribution >= 0.6 is 0 Å². The number of aryl methyl sites for hydroxylation is 2. The van der Waals surface area contributed by atoms with Gasteiger partial charge in [0.1, 0.15) is 0 Å². The van der Waals surface area contributed by atoms with Crippen LogP contribution in [0.4, 0.5) is 5.69 Å². The first-order valence-corrected chi connectivity index (χ1v) is 7.51. The second kappa shape index (κ2) is 5.35. The Balaban J connectivity index is 2.33. The largest absolute Gasteiger partial charge is 0.279 e. The van der Waals surface area contributed by atoms with Crippen molar-refractivity contribution in [3.8, 4) is 6.07 Å². The molecule has 0 aliphatic heterocycles. The summed E-state index contributed by atoms with van der Waals surface area (Å²) in [4.78, 5) is 0.136. The number of hydrogen-bond acceptors (Lipinski definition) is 3. The molecule has 0 fully saturated rings. The standard InChI is InChI=1S/C15H14N2O2S/c1-11-3-8-15(12(2)9-11)17-20(18,19)14-6-4-13(10-16)5-7-14/h3-9,17H,1-2H3. The van der Waals surface area contributed by atoms with Crippen molar-refractivity contribution in [2.75, 3.05) is 4.72 Å². The Morgan fingerprint density at radius 2 is 1.70 bits per heavy atom. The molecule has 0 aromatic heterocycles. The van der Waals surface area contributed by atoms with Gasteiger partial charge in [0.25, 0.3) is 10.0 Å². The fourth-order valence-corrected chi connectivity index (χ4v) is 2.97. The molecule has 2 rings (SSSR count). The minimum absolute atomic E-state index is 0.136. The van der Waals surface area contributed by atoms with Crippen LogP contribution in [0.1, 0.15) is 16.7 Å². The van der Waals surface area contributed by atoms with Crippen molar-refractivity contribution in [2.24, 2.45) is 0 Å². The predicted molar refractivity (Wildman–Crippen MR) is 77.9 cm³/mol. The Morgan fingerprint density at radius 1 is 1.05 bits per heavy atom. The van der Waals surface area contributed by atoms with Gasteiger partial charge in [-0.3, -0.25) is 4.72 Å². The zero-order chi connectivity index (χ0) is 14.8. The molecule has 2 aromatic rings. The third-order valence-corrected chi connectivity index (χ3v) is 4.30. The number of benzene rings is 2. The lowest BCUT2D eigenvalue weighted by atomic mass is 10.1. The average Bonchev–Trinajstić information content (AvgIpc) is 2.42. The van der Waals surface area contributed by atoms with Crippen LogP contribution in [-0.2, 0) is 10.0 Å². The van der Waals surface area contributed by atoms with Gasteiger partial charge in [0.2, 0.25) is 0 Å². The number of nitrogens with one attached hydrogen (secondary N) is 1. The molecular weight excluding hydrogens is 272 g/mol. The molecule has 1 N–H and O–H groups in total. The number of nitrogens with zero attached hydrogens (tertiary/aromatic N) is 1. The van der Waals surface area contributed by atoms with Gasteiger partial charge in [0, 0.05) is 0 Å². The average molecular weight is 286 g/mol. The number of anilines is 1. The predicted octanol–water partition coefficient (Wildman–Crippen LogP) is 2.98. The van der Waals surface area contributed by atoms with Crippen molar-refractivity contribution in [3.05, 3.63) is 59.2 Å². The summed E-state index contributed by atoms with van der Waals surface area (Å²) in [7, 11) is -3.63. The van der Waals surface area contributed by atoms with E-state index in [4.69, 9.17) is 5.26 Å². The Hall–Kier alpha value is -2.32. The molecule has 0 aliphatic carbocycles. The van der Waals surface area contributed by atoms with E-state index >= 15 is 0 Å². The molecule has 0 radical (unpaired) electrons. The molecule has 0 saturated heterocycles. The maximum Gasteiger partial charge on any atom is 0.261 e. The fourth-order valence-electron chi connectivity index (χ4n) is 1.84. The van der Waals surface area contributed by atoms with Crippen LogP contribution in [-0.4, -0.2) is 8.42 Å². The van der Waals surface area contributed by atoms with Gasteiger partial charge in [0.05, 0.1) is 22.2 Å². The summed E-state index contributed by atoms with van der Waals surface area (Å²) in [6, 6.07) is 13.3. The van der Waals surface area contributed by atoms with E-state index in [1.807, 2.05) is 32.0 Å². The van der Waals surface area contributed by atoms with Crippen LogP contribution in [0.3, 0.4) is 0 Å². The third-order valence-electron chi connectivity index (χ3n) is 2.92. The number of rotatable bonds is 3. The summed E-state index contributed by atoms with van der Waals surface area (Å²) in [6.45, 7) is 3.80. The summed E-state index contributed by atoms with van der Waals surface area (Å²) in [5, 5.41) is 8.71. The zero-order valence-electron chi connectivity index (χ0n) is 11.2. The Morgan fingerprint density at radius 3 is 2.25 bits per heavy atom. The molecular formula is C15H14N2O2S. The molecule has 0 bridgehead atoms. The van der Waals surface area contributed by atoms with Crippen molar-refractivity contribution >= 4 is 15.7 Å². The molecule has 0 heterocycles. The number of nitriles is 1. The van der Waals surface area contributed by atoms with Crippen molar-refractivity contribution in [1.29, 1.82) is 5.26 Å². The smallest absolute Gasteiger partial charge is 0.261 e. The first-order chi connectivity index (χ1) is 9.42. The maximum atomic E-state index is 12.2. The molecule has 20 heavy (non-hydrogen) atoms. The van der Waals surface area contributed by atoms with Gasteiger partial charge in [-0.2, -0.15) is 5.26 Å². The molecule has 0 spiro atoms. The van der Waals surface area contributed by atoms with Crippen molar-refractivity contribution in [1.82, 2.24) is 0 Å². The second-order valence-electron chi connectivity index (χ2n) is 4.56. The molecule has 102 valence electrons. The van der Waals surface area contributed by atoms with Gasteiger partial charge >= 0.3 is 0 Å². The van der Waals surface area contributed by atoms with Gasteiger partial charge in [0.15, 0.2) is 0 Å². The Kier molecular flexibility index (Phi) is 3.77. The highest BCUT2D eigenvalue weighted by molar-refractivity contribution is 7.92. The molecule has 0 atom stereocenters. The topological polar surface area (TPSA) is 70.0 Å². The SMILES string of the molecule is Cc1ccc(NS(=O)(=O)c2ccc(C#N)cc2)c(C)c1. The lowest BCUT2D eigenvalue weighted by Crippen LogP contribution is -2.13. The quantitative estimate of drug-likeness (QED) is 0.943. The Bertz CT molecular complexity index is 773. The van der Waals surface area contributed by atoms with E-state index in [0.717, 1.165) is 11.1 Å². The highest BCUT2D eigenvalue weighted by atomic mass is 32.2. The normalized spacial score (nSPS) is 10.8. The van der Waals surface area contributed by atoms with Crippen LogP contribution in [0.2, 0.25) is 0 Å². The first-order valence-electron chi connectivity index (χ1n) is 6.02.